The van der Waals surface area contributed by atoms with E-state index < -0.39 is 0 Å². The molecule has 0 amide bonds. The Kier molecular flexibility index (Phi) is 6.40. The third-order valence-electron chi connectivity index (χ3n) is 2.91. The highest BCUT2D eigenvalue weighted by molar-refractivity contribution is 4.65. The Balaban J connectivity index is 3.70. The lowest BCUT2D eigenvalue weighted by Gasteiger charge is -2.22. The molecule has 3 atom stereocenters. The minimum absolute atomic E-state index is 0.329. The van der Waals surface area contributed by atoms with E-state index in [0.717, 1.165) is 11.8 Å². The van der Waals surface area contributed by atoms with Crippen molar-refractivity contribution in [3.63, 3.8) is 0 Å². The molecular formula is C12H26O. The first-order valence-electron chi connectivity index (χ1n) is 5.58. The van der Waals surface area contributed by atoms with Crippen LogP contribution in [-0.2, 0) is 0 Å². The second-order valence-corrected chi connectivity index (χ2v) is 5.11. The average Bonchev–Trinajstić information content (AvgIpc) is 2.01. The summed E-state index contributed by atoms with van der Waals surface area (Å²) < 4.78 is 0. The summed E-state index contributed by atoms with van der Waals surface area (Å²) in [4.78, 5) is 0. The van der Waals surface area contributed by atoms with Gasteiger partial charge in [-0.1, -0.05) is 34.6 Å². The Morgan fingerprint density at radius 3 is 1.77 bits per heavy atom. The normalized spacial score (nSPS) is 18.7. The van der Waals surface area contributed by atoms with Crippen LogP contribution < -0.4 is 0 Å². The first kappa shape index (κ1) is 13.0. The van der Waals surface area contributed by atoms with E-state index in [0.29, 0.717) is 18.4 Å². The molecule has 80 valence electrons. The number of aliphatic hydroxyl groups excluding tert-OH is 1. The molecule has 0 bridgehead atoms. The summed E-state index contributed by atoms with van der Waals surface area (Å²) in [5.41, 5.74) is 0. The molecular weight excluding hydrogens is 160 g/mol. The van der Waals surface area contributed by atoms with Gasteiger partial charge in [0.05, 0.1) is 0 Å². The predicted octanol–water partition coefficient (Wildman–Crippen LogP) is 3.32. The summed E-state index contributed by atoms with van der Waals surface area (Å²) in [7, 11) is 0. The molecule has 3 unspecified atom stereocenters. The SMILES string of the molecule is CC(C)CC(C)CC(C)C(C)CO. The van der Waals surface area contributed by atoms with Gasteiger partial charge in [0, 0.05) is 6.61 Å². The lowest BCUT2D eigenvalue weighted by atomic mass is 9.84. The van der Waals surface area contributed by atoms with Crippen LogP contribution >= 0.6 is 0 Å². The fourth-order valence-electron chi connectivity index (χ4n) is 1.95. The molecule has 0 fully saturated rings. The van der Waals surface area contributed by atoms with Crippen molar-refractivity contribution in [2.45, 2.75) is 47.5 Å². The van der Waals surface area contributed by atoms with Crippen LogP contribution in [0.5, 0.6) is 0 Å². The molecule has 0 aliphatic heterocycles. The lowest BCUT2D eigenvalue weighted by molar-refractivity contribution is 0.176. The predicted molar refractivity (Wildman–Crippen MR) is 58.6 cm³/mol. The topological polar surface area (TPSA) is 20.2 Å². The molecule has 0 radical (unpaired) electrons. The number of rotatable bonds is 6. The summed E-state index contributed by atoms with van der Waals surface area (Å²) >= 11 is 0. The Morgan fingerprint density at radius 2 is 1.38 bits per heavy atom. The molecule has 0 spiro atoms. The van der Waals surface area contributed by atoms with Gasteiger partial charge in [-0.2, -0.15) is 0 Å². The van der Waals surface area contributed by atoms with Crippen LogP contribution in [0.25, 0.3) is 0 Å². The minimum Gasteiger partial charge on any atom is -0.396 e. The zero-order valence-electron chi connectivity index (χ0n) is 9.88. The molecule has 0 rings (SSSR count). The van der Waals surface area contributed by atoms with Crippen LogP contribution in [0.1, 0.15) is 47.5 Å². The number of aliphatic hydroxyl groups is 1. The van der Waals surface area contributed by atoms with Gasteiger partial charge in [0.2, 0.25) is 0 Å². The molecule has 0 heterocycles. The van der Waals surface area contributed by atoms with Crippen molar-refractivity contribution in [1.29, 1.82) is 0 Å². The van der Waals surface area contributed by atoms with Crippen molar-refractivity contribution < 1.29 is 5.11 Å². The summed E-state index contributed by atoms with van der Waals surface area (Å²) in [6.07, 6.45) is 2.56. The van der Waals surface area contributed by atoms with Gasteiger partial charge < -0.3 is 5.11 Å². The van der Waals surface area contributed by atoms with Crippen LogP contribution in [0.4, 0.5) is 0 Å². The monoisotopic (exact) mass is 186 g/mol. The Labute approximate surface area is 83.5 Å². The Hall–Kier alpha value is -0.0400. The maximum absolute atomic E-state index is 9.00. The second kappa shape index (κ2) is 6.42. The van der Waals surface area contributed by atoms with Gasteiger partial charge in [-0.15, -0.1) is 0 Å². The number of hydrogen-bond acceptors (Lipinski definition) is 1. The van der Waals surface area contributed by atoms with E-state index in [1.54, 1.807) is 0 Å². The Morgan fingerprint density at radius 1 is 0.846 bits per heavy atom. The highest BCUT2D eigenvalue weighted by atomic mass is 16.3. The standard InChI is InChI=1S/C12H26O/c1-9(2)6-10(3)7-11(4)12(5)8-13/h9-13H,6-8H2,1-5H3. The van der Waals surface area contributed by atoms with Crippen molar-refractivity contribution in [2.75, 3.05) is 6.61 Å². The van der Waals surface area contributed by atoms with E-state index in [2.05, 4.69) is 34.6 Å². The molecule has 13 heavy (non-hydrogen) atoms. The van der Waals surface area contributed by atoms with Crippen LogP contribution in [0.3, 0.4) is 0 Å². The summed E-state index contributed by atoms with van der Waals surface area (Å²) in [5.74, 6) is 2.70. The van der Waals surface area contributed by atoms with Gasteiger partial charge in [0.25, 0.3) is 0 Å². The quantitative estimate of drug-likeness (QED) is 0.674. The summed E-state index contributed by atoms with van der Waals surface area (Å²) in [5, 5.41) is 9.00. The van der Waals surface area contributed by atoms with E-state index in [1.165, 1.54) is 12.8 Å². The smallest absolute Gasteiger partial charge is 0.0459 e. The molecule has 0 aromatic carbocycles. The van der Waals surface area contributed by atoms with Crippen molar-refractivity contribution in [3.8, 4) is 0 Å². The van der Waals surface area contributed by atoms with Crippen molar-refractivity contribution >= 4 is 0 Å². The minimum atomic E-state index is 0.329. The van der Waals surface area contributed by atoms with Crippen LogP contribution in [0, 0.1) is 23.7 Å². The van der Waals surface area contributed by atoms with Gasteiger partial charge in [-0.3, -0.25) is 0 Å². The summed E-state index contributed by atoms with van der Waals surface area (Å²) in [6, 6.07) is 0. The molecule has 1 nitrogen and oxygen atoms in total. The van der Waals surface area contributed by atoms with Gasteiger partial charge in [-0.05, 0) is 36.5 Å². The maximum Gasteiger partial charge on any atom is 0.0459 e. The largest absolute Gasteiger partial charge is 0.396 e. The maximum atomic E-state index is 9.00. The second-order valence-electron chi connectivity index (χ2n) is 5.11. The van der Waals surface area contributed by atoms with E-state index in [-0.39, 0.29) is 0 Å². The summed E-state index contributed by atoms with van der Waals surface area (Å²) in [6.45, 7) is 11.6. The molecule has 0 saturated heterocycles. The fourth-order valence-corrected chi connectivity index (χ4v) is 1.95. The fraction of sp³-hybridized carbons (Fsp3) is 1.00. The van der Waals surface area contributed by atoms with Gasteiger partial charge in [-0.25, -0.2) is 0 Å². The van der Waals surface area contributed by atoms with E-state index in [1.807, 2.05) is 0 Å². The van der Waals surface area contributed by atoms with Crippen molar-refractivity contribution in [2.24, 2.45) is 23.7 Å². The molecule has 1 N–H and O–H groups in total. The van der Waals surface area contributed by atoms with Crippen LogP contribution in [0.2, 0.25) is 0 Å². The highest BCUT2D eigenvalue weighted by Crippen LogP contribution is 2.23. The molecule has 0 aromatic heterocycles. The van der Waals surface area contributed by atoms with E-state index >= 15 is 0 Å². The third-order valence-corrected chi connectivity index (χ3v) is 2.91. The van der Waals surface area contributed by atoms with Gasteiger partial charge >= 0.3 is 0 Å². The number of hydrogen-bond donors (Lipinski definition) is 1. The van der Waals surface area contributed by atoms with E-state index in [9.17, 15) is 0 Å². The zero-order valence-corrected chi connectivity index (χ0v) is 9.88. The molecule has 0 aliphatic carbocycles. The van der Waals surface area contributed by atoms with Gasteiger partial charge in [0.1, 0.15) is 0 Å². The lowest BCUT2D eigenvalue weighted by Crippen LogP contribution is -2.15. The molecule has 0 aromatic rings. The van der Waals surface area contributed by atoms with Crippen molar-refractivity contribution in [1.82, 2.24) is 0 Å². The van der Waals surface area contributed by atoms with E-state index in [4.69, 9.17) is 5.11 Å². The molecule has 1 heteroatoms. The first-order valence-corrected chi connectivity index (χ1v) is 5.58. The average molecular weight is 186 g/mol. The third kappa shape index (κ3) is 6.09. The molecule has 0 aliphatic rings. The van der Waals surface area contributed by atoms with Crippen LogP contribution in [-0.4, -0.2) is 11.7 Å². The highest BCUT2D eigenvalue weighted by Gasteiger charge is 2.15. The van der Waals surface area contributed by atoms with Crippen LogP contribution in [0.15, 0.2) is 0 Å². The molecule has 0 saturated carbocycles. The Bertz CT molecular complexity index is 120. The van der Waals surface area contributed by atoms with Gasteiger partial charge in [0.15, 0.2) is 0 Å². The first-order chi connectivity index (χ1) is 5.97. The zero-order chi connectivity index (χ0) is 10.4. The van der Waals surface area contributed by atoms with Crippen molar-refractivity contribution in [3.05, 3.63) is 0 Å².